The Labute approximate surface area is 145 Å². The highest BCUT2D eigenvalue weighted by Crippen LogP contribution is 2.17. The number of carbonyl (C=O) groups is 1. The van der Waals surface area contributed by atoms with Crippen LogP contribution in [-0.4, -0.2) is 34.4 Å². The minimum absolute atomic E-state index is 0.0337. The van der Waals surface area contributed by atoms with Gasteiger partial charge in [0.1, 0.15) is 0 Å². The molecule has 2 aromatic carbocycles. The van der Waals surface area contributed by atoms with E-state index < -0.39 is 0 Å². The Bertz CT molecular complexity index is 914. The fourth-order valence-electron chi connectivity index (χ4n) is 2.89. The summed E-state index contributed by atoms with van der Waals surface area (Å²) < 4.78 is 0. The summed E-state index contributed by atoms with van der Waals surface area (Å²) >= 11 is 0. The lowest BCUT2D eigenvalue weighted by Gasteiger charge is -2.19. The molecule has 1 aromatic heterocycles. The number of nitrogens with one attached hydrogen (secondary N) is 3. The van der Waals surface area contributed by atoms with Gasteiger partial charge in [-0.1, -0.05) is 36.4 Å². The number of amides is 1. The molecule has 130 valence electrons. The number of hydrogen-bond donors (Lipinski definition) is 3. The average molecular weight is 338 g/mol. The lowest BCUT2D eigenvalue weighted by atomic mass is 10.1. The molecule has 6 nitrogen and oxygen atoms in total. The van der Waals surface area contributed by atoms with Crippen molar-refractivity contribution >= 4 is 16.9 Å². The van der Waals surface area contributed by atoms with E-state index in [4.69, 9.17) is 0 Å². The molecule has 3 N–H and O–H groups in total. The molecule has 0 saturated heterocycles. The van der Waals surface area contributed by atoms with Crippen LogP contribution in [0.4, 0.5) is 0 Å². The van der Waals surface area contributed by atoms with Crippen LogP contribution in [0.3, 0.4) is 0 Å². The van der Waals surface area contributed by atoms with Gasteiger partial charge in [-0.25, -0.2) is 4.79 Å². The normalized spacial score (nSPS) is 12.4. The molecular formula is C19H22N4O2. The summed E-state index contributed by atoms with van der Waals surface area (Å²) in [5.41, 5.74) is 3.39. The fraction of sp³-hybridized carbons (Fsp3) is 0.263. The molecule has 25 heavy (non-hydrogen) atoms. The van der Waals surface area contributed by atoms with Gasteiger partial charge in [0, 0.05) is 6.54 Å². The van der Waals surface area contributed by atoms with Crippen molar-refractivity contribution in [1.82, 2.24) is 20.2 Å². The average Bonchev–Trinajstić information content (AvgIpc) is 2.94. The molecule has 0 aliphatic carbocycles. The number of benzene rings is 2. The molecule has 0 spiro atoms. The minimum atomic E-state index is -0.230. The number of carbonyl (C=O) groups excluding carboxylic acids is 1. The van der Waals surface area contributed by atoms with E-state index in [-0.39, 0.29) is 17.6 Å². The second-order valence-electron chi connectivity index (χ2n) is 6.33. The molecular weight excluding hydrogens is 316 g/mol. The minimum Gasteiger partial charge on any atom is -0.348 e. The van der Waals surface area contributed by atoms with Crippen molar-refractivity contribution < 1.29 is 4.79 Å². The summed E-state index contributed by atoms with van der Waals surface area (Å²) in [5.74, 6) is -0.0337. The molecule has 0 saturated carbocycles. The zero-order valence-electron chi connectivity index (χ0n) is 14.4. The maximum atomic E-state index is 12.3. The van der Waals surface area contributed by atoms with E-state index in [1.54, 1.807) is 0 Å². The molecule has 6 heteroatoms. The van der Waals surface area contributed by atoms with Crippen LogP contribution >= 0.6 is 0 Å². The number of H-pyrrole nitrogens is 2. The first-order chi connectivity index (χ1) is 12.0. The van der Waals surface area contributed by atoms with Crippen molar-refractivity contribution in [2.45, 2.75) is 19.5 Å². The van der Waals surface area contributed by atoms with Crippen LogP contribution in [0, 0.1) is 0 Å². The second-order valence-corrected chi connectivity index (χ2v) is 6.33. The highest BCUT2D eigenvalue weighted by molar-refractivity contribution is 5.79. The van der Waals surface area contributed by atoms with Crippen molar-refractivity contribution in [3.8, 4) is 0 Å². The second kappa shape index (κ2) is 7.36. The molecule has 1 amide bonds. The SMILES string of the molecule is C[C@H](NC(=O)CN(C)Cc1ccccc1)c1ccc2[nH]c(=O)[nH]c2c1. The Kier molecular flexibility index (Phi) is 5.00. The number of likely N-dealkylation sites (N-methyl/N-ethyl adjacent to an activating group) is 1. The first-order valence-electron chi connectivity index (χ1n) is 8.25. The van der Waals surface area contributed by atoms with Gasteiger partial charge in [0.25, 0.3) is 0 Å². The van der Waals surface area contributed by atoms with Crippen molar-refractivity contribution in [3.63, 3.8) is 0 Å². The van der Waals surface area contributed by atoms with Gasteiger partial charge in [-0.2, -0.15) is 0 Å². The van der Waals surface area contributed by atoms with Gasteiger partial charge in [0.15, 0.2) is 0 Å². The number of hydrogen-bond acceptors (Lipinski definition) is 3. The lowest BCUT2D eigenvalue weighted by Crippen LogP contribution is -2.36. The maximum absolute atomic E-state index is 12.3. The van der Waals surface area contributed by atoms with Gasteiger partial charge in [-0.15, -0.1) is 0 Å². The van der Waals surface area contributed by atoms with E-state index >= 15 is 0 Å². The molecule has 1 atom stereocenters. The Morgan fingerprint density at radius 3 is 2.60 bits per heavy atom. The van der Waals surface area contributed by atoms with Crippen LogP contribution in [0.1, 0.15) is 24.1 Å². The van der Waals surface area contributed by atoms with Gasteiger partial charge in [-0.05, 0) is 37.2 Å². The summed E-state index contributed by atoms with van der Waals surface area (Å²) in [7, 11) is 1.92. The molecule has 0 fully saturated rings. The Hall–Kier alpha value is -2.86. The van der Waals surface area contributed by atoms with Gasteiger partial charge in [-0.3, -0.25) is 9.69 Å². The third kappa shape index (κ3) is 4.36. The van der Waals surface area contributed by atoms with E-state index in [9.17, 15) is 9.59 Å². The zero-order chi connectivity index (χ0) is 17.8. The van der Waals surface area contributed by atoms with Gasteiger partial charge in [0.2, 0.25) is 5.91 Å². The molecule has 3 aromatic rings. The van der Waals surface area contributed by atoms with Crippen LogP contribution in [-0.2, 0) is 11.3 Å². The quantitative estimate of drug-likeness (QED) is 0.644. The van der Waals surface area contributed by atoms with E-state index in [0.29, 0.717) is 6.54 Å². The number of rotatable bonds is 6. The van der Waals surface area contributed by atoms with Crippen molar-refractivity contribution in [1.29, 1.82) is 0 Å². The predicted molar refractivity (Wildman–Crippen MR) is 98.3 cm³/mol. The number of imidazole rings is 1. The maximum Gasteiger partial charge on any atom is 0.323 e. The van der Waals surface area contributed by atoms with Crippen LogP contribution in [0.2, 0.25) is 0 Å². The summed E-state index contributed by atoms with van der Waals surface area (Å²) in [6.45, 7) is 2.97. The van der Waals surface area contributed by atoms with Crippen LogP contribution in [0.5, 0.6) is 0 Å². The fourth-order valence-corrected chi connectivity index (χ4v) is 2.89. The van der Waals surface area contributed by atoms with Crippen molar-refractivity contribution in [3.05, 3.63) is 70.1 Å². The van der Waals surface area contributed by atoms with E-state index in [0.717, 1.165) is 23.1 Å². The third-order valence-electron chi connectivity index (χ3n) is 4.13. The highest BCUT2D eigenvalue weighted by atomic mass is 16.2. The van der Waals surface area contributed by atoms with Crippen LogP contribution < -0.4 is 11.0 Å². The first kappa shape index (κ1) is 17.0. The number of fused-ring (bicyclic) bond motifs is 1. The summed E-state index contributed by atoms with van der Waals surface area (Å²) in [6.07, 6.45) is 0. The first-order valence-corrected chi connectivity index (χ1v) is 8.25. The molecule has 0 unspecified atom stereocenters. The number of nitrogens with zero attached hydrogens (tertiary/aromatic N) is 1. The van der Waals surface area contributed by atoms with Crippen molar-refractivity contribution in [2.24, 2.45) is 0 Å². The van der Waals surface area contributed by atoms with Gasteiger partial charge in [0.05, 0.1) is 23.6 Å². The summed E-state index contributed by atoms with van der Waals surface area (Å²) in [4.78, 5) is 31.0. The largest absolute Gasteiger partial charge is 0.348 e. The Morgan fingerprint density at radius 2 is 1.84 bits per heavy atom. The topological polar surface area (TPSA) is 81.0 Å². The highest BCUT2D eigenvalue weighted by Gasteiger charge is 2.13. The van der Waals surface area contributed by atoms with Gasteiger partial charge < -0.3 is 15.3 Å². The predicted octanol–water partition coefficient (Wildman–Crippen LogP) is 2.17. The smallest absolute Gasteiger partial charge is 0.323 e. The van der Waals surface area contributed by atoms with Crippen LogP contribution in [0.15, 0.2) is 53.3 Å². The van der Waals surface area contributed by atoms with E-state index in [1.165, 1.54) is 5.56 Å². The number of aromatic nitrogens is 2. The Morgan fingerprint density at radius 1 is 1.12 bits per heavy atom. The van der Waals surface area contributed by atoms with Crippen molar-refractivity contribution in [2.75, 3.05) is 13.6 Å². The summed E-state index contributed by atoms with van der Waals surface area (Å²) in [6, 6.07) is 15.5. The molecule has 3 rings (SSSR count). The van der Waals surface area contributed by atoms with E-state index in [1.807, 2.05) is 67.4 Å². The third-order valence-corrected chi connectivity index (χ3v) is 4.13. The molecule has 0 bridgehead atoms. The molecule has 0 aliphatic rings. The Balaban J connectivity index is 1.58. The van der Waals surface area contributed by atoms with Crippen LogP contribution in [0.25, 0.3) is 11.0 Å². The standard InChI is InChI=1S/C19H22N4O2/c1-13(15-8-9-16-17(10-15)22-19(25)21-16)20-18(24)12-23(2)11-14-6-4-3-5-7-14/h3-10,13H,11-12H2,1-2H3,(H,20,24)(H2,21,22,25)/t13-/m0/s1. The molecule has 0 aliphatic heterocycles. The zero-order valence-corrected chi connectivity index (χ0v) is 14.4. The number of aromatic amines is 2. The van der Waals surface area contributed by atoms with Gasteiger partial charge >= 0.3 is 5.69 Å². The molecule has 0 radical (unpaired) electrons. The van der Waals surface area contributed by atoms with E-state index in [2.05, 4.69) is 15.3 Å². The summed E-state index contributed by atoms with van der Waals surface area (Å²) in [5, 5.41) is 3.00. The monoisotopic (exact) mass is 338 g/mol. The lowest BCUT2D eigenvalue weighted by molar-refractivity contribution is -0.122. The molecule has 1 heterocycles.